The van der Waals surface area contributed by atoms with Crippen molar-refractivity contribution in [2.24, 2.45) is 0 Å². The minimum absolute atomic E-state index is 0.00870. The SMILES string of the molecule is Cc1[nH]nc2c1C(C(=O)c1cccs1)CC(=O)N2. The molecule has 2 aromatic rings. The summed E-state index contributed by atoms with van der Waals surface area (Å²) in [5.41, 5.74) is 1.65. The summed E-state index contributed by atoms with van der Waals surface area (Å²) in [5.74, 6) is -0.112. The fraction of sp³-hybridized carbons (Fsp3) is 0.250. The van der Waals surface area contributed by atoms with E-state index in [1.807, 2.05) is 18.4 Å². The maximum absolute atomic E-state index is 12.4. The largest absolute Gasteiger partial charge is 0.309 e. The molecule has 18 heavy (non-hydrogen) atoms. The third-order valence-corrected chi connectivity index (χ3v) is 3.96. The number of rotatable bonds is 2. The van der Waals surface area contributed by atoms with E-state index in [1.165, 1.54) is 11.3 Å². The van der Waals surface area contributed by atoms with Crippen LogP contribution in [-0.2, 0) is 4.79 Å². The van der Waals surface area contributed by atoms with Gasteiger partial charge in [0.05, 0.1) is 10.8 Å². The molecule has 0 radical (unpaired) electrons. The number of nitrogens with zero attached hydrogens (tertiary/aromatic N) is 1. The third kappa shape index (κ3) is 1.65. The average molecular weight is 261 g/mol. The summed E-state index contributed by atoms with van der Waals surface area (Å²) in [5, 5.41) is 11.4. The van der Waals surface area contributed by atoms with Gasteiger partial charge >= 0.3 is 0 Å². The van der Waals surface area contributed by atoms with Gasteiger partial charge in [0, 0.05) is 17.7 Å². The fourth-order valence-electron chi connectivity index (χ4n) is 2.24. The average Bonchev–Trinajstić information content (AvgIpc) is 2.97. The molecule has 0 spiro atoms. The minimum Gasteiger partial charge on any atom is -0.309 e. The van der Waals surface area contributed by atoms with E-state index in [1.54, 1.807) is 6.07 Å². The lowest BCUT2D eigenvalue weighted by Gasteiger charge is -2.20. The first-order valence-electron chi connectivity index (χ1n) is 5.59. The maximum atomic E-state index is 12.4. The summed E-state index contributed by atoms with van der Waals surface area (Å²) < 4.78 is 0. The predicted octanol–water partition coefficient (Wildman–Crippen LogP) is 2.09. The van der Waals surface area contributed by atoms with Crippen LogP contribution in [0.3, 0.4) is 0 Å². The van der Waals surface area contributed by atoms with Crippen molar-refractivity contribution in [1.82, 2.24) is 10.2 Å². The Kier molecular flexibility index (Phi) is 2.52. The number of anilines is 1. The molecule has 2 N–H and O–H groups in total. The number of hydrogen-bond acceptors (Lipinski definition) is 4. The first kappa shape index (κ1) is 11.2. The van der Waals surface area contributed by atoms with E-state index in [2.05, 4.69) is 15.5 Å². The lowest BCUT2D eigenvalue weighted by molar-refractivity contribution is -0.116. The molecule has 0 aliphatic carbocycles. The van der Waals surface area contributed by atoms with Crippen molar-refractivity contribution in [3.8, 4) is 0 Å². The van der Waals surface area contributed by atoms with E-state index < -0.39 is 5.92 Å². The maximum Gasteiger partial charge on any atom is 0.226 e. The zero-order valence-corrected chi connectivity index (χ0v) is 10.5. The molecule has 1 unspecified atom stereocenters. The number of carbonyl (C=O) groups is 2. The van der Waals surface area contributed by atoms with Crippen LogP contribution in [0, 0.1) is 6.92 Å². The van der Waals surface area contributed by atoms with Gasteiger partial charge in [-0.05, 0) is 18.4 Å². The van der Waals surface area contributed by atoms with Crippen LogP contribution in [0.4, 0.5) is 5.82 Å². The van der Waals surface area contributed by atoms with Crippen LogP contribution in [0.1, 0.15) is 33.3 Å². The Labute approximate surface area is 107 Å². The van der Waals surface area contributed by atoms with Gasteiger partial charge in [-0.25, -0.2) is 0 Å². The second-order valence-electron chi connectivity index (χ2n) is 4.26. The van der Waals surface area contributed by atoms with Crippen LogP contribution < -0.4 is 5.32 Å². The normalized spacial score (nSPS) is 18.3. The predicted molar refractivity (Wildman–Crippen MR) is 68.0 cm³/mol. The van der Waals surface area contributed by atoms with Gasteiger partial charge in [-0.15, -0.1) is 11.3 Å². The standard InChI is InChI=1S/C12H11N3O2S/c1-6-10-7(11(17)8-3-2-4-18-8)5-9(16)13-12(10)15-14-6/h2-4,7H,5H2,1H3,(H2,13,14,15,16). The summed E-state index contributed by atoms with van der Waals surface area (Å²) in [6.45, 7) is 1.86. The highest BCUT2D eigenvalue weighted by Crippen LogP contribution is 2.35. The van der Waals surface area contributed by atoms with Gasteiger partial charge < -0.3 is 5.32 Å². The number of H-pyrrole nitrogens is 1. The Morgan fingerprint density at radius 3 is 3.11 bits per heavy atom. The first-order valence-corrected chi connectivity index (χ1v) is 6.47. The van der Waals surface area contributed by atoms with Gasteiger partial charge in [0.2, 0.25) is 5.91 Å². The van der Waals surface area contributed by atoms with Crippen LogP contribution in [0.2, 0.25) is 0 Å². The Hall–Kier alpha value is -1.95. The first-order chi connectivity index (χ1) is 8.66. The molecule has 0 saturated heterocycles. The van der Waals surface area contributed by atoms with Gasteiger partial charge in [-0.2, -0.15) is 5.10 Å². The number of hydrogen-bond donors (Lipinski definition) is 2. The van der Waals surface area contributed by atoms with Crippen molar-refractivity contribution in [2.75, 3.05) is 5.32 Å². The monoisotopic (exact) mass is 261 g/mol. The second kappa shape index (κ2) is 4.06. The number of thiophene rings is 1. The zero-order chi connectivity index (χ0) is 12.7. The molecule has 6 heteroatoms. The molecule has 1 atom stereocenters. The van der Waals surface area contributed by atoms with Crippen molar-refractivity contribution in [2.45, 2.75) is 19.3 Å². The van der Waals surface area contributed by atoms with E-state index >= 15 is 0 Å². The van der Waals surface area contributed by atoms with Crippen LogP contribution in [0.5, 0.6) is 0 Å². The lowest BCUT2D eigenvalue weighted by Crippen LogP contribution is -2.27. The van der Waals surface area contributed by atoms with Gasteiger partial charge in [0.15, 0.2) is 11.6 Å². The van der Waals surface area contributed by atoms with Crippen molar-refractivity contribution in [3.63, 3.8) is 0 Å². The molecule has 0 fully saturated rings. The molecule has 2 aromatic heterocycles. The Balaban J connectivity index is 2.05. The van der Waals surface area contributed by atoms with Gasteiger partial charge in [-0.3, -0.25) is 14.7 Å². The number of Topliss-reactive ketones (excluding diaryl/α,β-unsaturated/α-hetero) is 1. The highest BCUT2D eigenvalue weighted by Gasteiger charge is 2.34. The molecule has 3 rings (SSSR count). The summed E-state index contributed by atoms with van der Waals surface area (Å²) in [6, 6.07) is 3.62. The Bertz CT molecular complexity index is 615. The van der Waals surface area contributed by atoms with E-state index in [-0.39, 0.29) is 18.1 Å². The van der Waals surface area contributed by atoms with Crippen molar-refractivity contribution in [3.05, 3.63) is 33.6 Å². The van der Waals surface area contributed by atoms with Crippen molar-refractivity contribution in [1.29, 1.82) is 0 Å². The molecule has 0 saturated carbocycles. The van der Waals surface area contributed by atoms with Gasteiger partial charge in [-0.1, -0.05) is 6.07 Å². The molecular formula is C12H11N3O2S. The van der Waals surface area contributed by atoms with Gasteiger partial charge in [0.25, 0.3) is 0 Å². The van der Waals surface area contributed by atoms with Crippen LogP contribution in [-0.4, -0.2) is 21.9 Å². The number of carbonyl (C=O) groups excluding carboxylic acids is 2. The van der Waals surface area contributed by atoms with Crippen LogP contribution in [0.25, 0.3) is 0 Å². The molecule has 0 aromatic carbocycles. The fourth-order valence-corrected chi connectivity index (χ4v) is 2.96. The van der Waals surface area contributed by atoms with Crippen LogP contribution >= 0.6 is 11.3 Å². The smallest absolute Gasteiger partial charge is 0.226 e. The van der Waals surface area contributed by atoms with E-state index in [0.717, 1.165) is 11.3 Å². The number of amides is 1. The quantitative estimate of drug-likeness (QED) is 0.813. The van der Waals surface area contributed by atoms with E-state index in [0.29, 0.717) is 10.7 Å². The van der Waals surface area contributed by atoms with E-state index in [9.17, 15) is 9.59 Å². The van der Waals surface area contributed by atoms with Crippen molar-refractivity contribution >= 4 is 28.8 Å². The number of aromatic amines is 1. The number of nitrogens with one attached hydrogen (secondary N) is 2. The summed E-state index contributed by atoms with van der Waals surface area (Å²) in [4.78, 5) is 24.7. The summed E-state index contributed by atoms with van der Waals surface area (Å²) >= 11 is 1.40. The minimum atomic E-state index is -0.425. The molecule has 1 amide bonds. The topological polar surface area (TPSA) is 74.8 Å². The van der Waals surface area contributed by atoms with Gasteiger partial charge in [0.1, 0.15) is 0 Å². The number of aryl methyl sites for hydroxylation is 1. The number of aromatic nitrogens is 2. The van der Waals surface area contributed by atoms with Crippen LogP contribution in [0.15, 0.2) is 17.5 Å². The molecule has 1 aliphatic heterocycles. The second-order valence-corrected chi connectivity index (χ2v) is 5.21. The molecule has 5 nitrogen and oxygen atoms in total. The highest BCUT2D eigenvalue weighted by molar-refractivity contribution is 7.12. The third-order valence-electron chi connectivity index (χ3n) is 3.07. The van der Waals surface area contributed by atoms with E-state index in [4.69, 9.17) is 0 Å². The molecule has 3 heterocycles. The zero-order valence-electron chi connectivity index (χ0n) is 9.69. The van der Waals surface area contributed by atoms with Crippen molar-refractivity contribution < 1.29 is 9.59 Å². The number of ketones is 1. The lowest BCUT2D eigenvalue weighted by atomic mass is 9.88. The Morgan fingerprint density at radius 2 is 2.39 bits per heavy atom. The Morgan fingerprint density at radius 1 is 1.56 bits per heavy atom. The highest BCUT2D eigenvalue weighted by atomic mass is 32.1. The molecule has 0 bridgehead atoms. The summed E-state index contributed by atoms with van der Waals surface area (Å²) in [6.07, 6.45) is 0.185. The molecule has 1 aliphatic rings. The summed E-state index contributed by atoms with van der Waals surface area (Å²) in [7, 11) is 0. The number of fused-ring (bicyclic) bond motifs is 1. The molecular weight excluding hydrogens is 250 g/mol. The molecule has 92 valence electrons.